The van der Waals surface area contributed by atoms with Gasteiger partial charge in [-0.1, -0.05) is 36.4 Å². The first-order valence-corrected chi connectivity index (χ1v) is 11.1. The predicted molar refractivity (Wildman–Crippen MR) is 148 cm³/mol. The average molecular weight is 575 g/mol. The Morgan fingerprint density at radius 3 is 2.47 bits per heavy atom. The number of carbonyl (C=O) groups excluding carboxylic acids is 1. The molecule has 8 nitrogen and oxygen atoms in total. The molecule has 182 valence electrons. The number of nitrogens with one attached hydrogen (secondary N) is 3. The highest BCUT2D eigenvalue weighted by atomic mass is 127. The van der Waals surface area contributed by atoms with Gasteiger partial charge >= 0.3 is 0 Å². The minimum absolute atomic E-state index is 0. The molecule has 34 heavy (non-hydrogen) atoms. The van der Waals surface area contributed by atoms with E-state index in [1.807, 2.05) is 72.3 Å². The Labute approximate surface area is 218 Å². The van der Waals surface area contributed by atoms with E-state index >= 15 is 0 Å². The summed E-state index contributed by atoms with van der Waals surface area (Å²) in [6.45, 7) is 3.35. The van der Waals surface area contributed by atoms with Gasteiger partial charge in [0.2, 0.25) is 0 Å². The Kier molecular flexibility index (Phi) is 11.5. The van der Waals surface area contributed by atoms with E-state index in [4.69, 9.17) is 0 Å². The number of halogens is 1. The first-order chi connectivity index (χ1) is 16.0. The molecule has 0 fully saturated rings. The molecule has 0 spiro atoms. The van der Waals surface area contributed by atoms with Crippen LogP contribution < -0.4 is 16.0 Å². The molecule has 3 rings (SSSR count). The van der Waals surface area contributed by atoms with E-state index < -0.39 is 0 Å². The third-order valence-electron chi connectivity index (χ3n) is 5.17. The predicted octanol–water partition coefficient (Wildman–Crippen LogP) is 2.71. The number of hydrogen-bond acceptors (Lipinski definition) is 4. The summed E-state index contributed by atoms with van der Waals surface area (Å²) in [5.41, 5.74) is 4.06. The fourth-order valence-corrected chi connectivity index (χ4v) is 3.36. The Balaban J connectivity index is 0.00000408. The summed E-state index contributed by atoms with van der Waals surface area (Å²) >= 11 is 0. The number of nitrogens with zero attached hydrogens (tertiary/aromatic N) is 4. The maximum absolute atomic E-state index is 12.4. The number of rotatable bonds is 10. The van der Waals surface area contributed by atoms with Gasteiger partial charge in [-0.25, -0.2) is 0 Å². The highest BCUT2D eigenvalue weighted by Gasteiger charge is 2.08. The van der Waals surface area contributed by atoms with Gasteiger partial charge < -0.3 is 20.9 Å². The van der Waals surface area contributed by atoms with E-state index in [1.54, 1.807) is 13.2 Å². The van der Waals surface area contributed by atoms with Crippen molar-refractivity contribution >= 4 is 35.8 Å². The number of guanidine groups is 1. The van der Waals surface area contributed by atoms with Crippen LogP contribution >= 0.6 is 24.0 Å². The molecule has 3 N–H and O–H groups in total. The highest BCUT2D eigenvalue weighted by molar-refractivity contribution is 14.0. The van der Waals surface area contributed by atoms with Crippen LogP contribution in [-0.4, -0.2) is 60.8 Å². The Morgan fingerprint density at radius 2 is 1.76 bits per heavy atom. The molecule has 1 heterocycles. The van der Waals surface area contributed by atoms with Crippen LogP contribution in [0.15, 0.2) is 72.0 Å². The molecule has 2 aromatic carbocycles. The fourth-order valence-electron chi connectivity index (χ4n) is 3.36. The summed E-state index contributed by atoms with van der Waals surface area (Å²) in [7, 11) is 5.72. The quantitative estimate of drug-likeness (QED) is 0.197. The first kappa shape index (κ1) is 27.3. The van der Waals surface area contributed by atoms with Gasteiger partial charge in [0, 0.05) is 51.2 Å². The van der Waals surface area contributed by atoms with Crippen molar-refractivity contribution in [2.45, 2.75) is 19.6 Å². The lowest BCUT2D eigenvalue weighted by Crippen LogP contribution is -2.36. The lowest BCUT2D eigenvalue weighted by Gasteiger charge is -2.15. The molecular weight excluding hydrogens is 541 g/mol. The fraction of sp³-hybridized carbons (Fsp3) is 0.320. The third-order valence-corrected chi connectivity index (χ3v) is 5.17. The number of hydrogen-bond donors (Lipinski definition) is 3. The zero-order valence-corrected chi connectivity index (χ0v) is 22.3. The smallest absolute Gasteiger partial charge is 0.251 e. The zero-order valence-electron chi connectivity index (χ0n) is 20.0. The summed E-state index contributed by atoms with van der Waals surface area (Å²) in [4.78, 5) is 18.8. The van der Waals surface area contributed by atoms with Crippen molar-refractivity contribution in [3.63, 3.8) is 0 Å². The van der Waals surface area contributed by atoms with Crippen molar-refractivity contribution in [2.75, 3.05) is 34.2 Å². The Bertz CT molecular complexity index is 1050. The van der Waals surface area contributed by atoms with Crippen LogP contribution in [0.4, 0.5) is 0 Å². The van der Waals surface area contributed by atoms with E-state index in [-0.39, 0.29) is 29.9 Å². The lowest BCUT2D eigenvalue weighted by atomic mass is 10.1. The van der Waals surface area contributed by atoms with Gasteiger partial charge in [0.15, 0.2) is 5.96 Å². The second-order valence-corrected chi connectivity index (χ2v) is 8.01. The molecule has 9 heteroatoms. The summed E-state index contributed by atoms with van der Waals surface area (Å²) in [5, 5.41) is 14.0. The van der Waals surface area contributed by atoms with Gasteiger partial charge in [0.1, 0.15) is 0 Å². The normalized spacial score (nSPS) is 11.1. The minimum atomic E-state index is -0.0602. The topological polar surface area (TPSA) is 86.6 Å². The van der Waals surface area contributed by atoms with Crippen molar-refractivity contribution in [2.24, 2.45) is 4.99 Å². The molecule has 1 aromatic heterocycles. The van der Waals surface area contributed by atoms with Crippen LogP contribution in [0.25, 0.3) is 0 Å². The van der Waals surface area contributed by atoms with Gasteiger partial charge in [-0.3, -0.25) is 14.5 Å². The van der Waals surface area contributed by atoms with Crippen molar-refractivity contribution in [1.82, 2.24) is 30.6 Å². The van der Waals surface area contributed by atoms with Crippen LogP contribution in [0.3, 0.4) is 0 Å². The van der Waals surface area contributed by atoms with Gasteiger partial charge in [0.25, 0.3) is 5.91 Å². The molecule has 0 unspecified atom stereocenters. The van der Waals surface area contributed by atoms with Crippen LogP contribution in [-0.2, 0) is 19.6 Å². The van der Waals surface area contributed by atoms with E-state index in [2.05, 4.69) is 38.2 Å². The second-order valence-electron chi connectivity index (χ2n) is 8.01. The van der Waals surface area contributed by atoms with Gasteiger partial charge in [0.05, 0.1) is 6.54 Å². The zero-order chi connectivity index (χ0) is 23.5. The second kappa shape index (κ2) is 14.4. The lowest BCUT2D eigenvalue weighted by molar-refractivity contribution is 0.0951. The number of benzene rings is 2. The van der Waals surface area contributed by atoms with E-state index in [9.17, 15) is 4.79 Å². The molecule has 0 aliphatic heterocycles. The molecule has 0 radical (unpaired) electrons. The Hall–Kier alpha value is -2.92. The number of carbonyl (C=O) groups is 1. The molecule has 0 bridgehead atoms. The van der Waals surface area contributed by atoms with Crippen LogP contribution in [0.1, 0.15) is 27.0 Å². The largest absolute Gasteiger partial charge is 0.352 e. The van der Waals surface area contributed by atoms with Gasteiger partial charge in [-0.2, -0.15) is 5.10 Å². The third kappa shape index (κ3) is 8.79. The Morgan fingerprint density at radius 1 is 1.00 bits per heavy atom. The van der Waals surface area contributed by atoms with E-state index in [0.717, 1.165) is 18.7 Å². The first-order valence-electron chi connectivity index (χ1n) is 11.1. The molecule has 0 atom stereocenters. The van der Waals surface area contributed by atoms with Crippen molar-refractivity contribution in [3.05, 3.63) is 89.2 Å². The maximum Gasteiger partial charge on any atom is 0.251 e. The number of amides is 1. The number of likely N-dealkylation sites (N-methyl/N-ethyl adjacent to an activating group) is 1. The molecule has 3 aromatic rings. The van der Waals surface area contributed by atoms with Crippen LogP contribution in [0.2, 0.25) is 0 Å². The number of aromatic nitrogens is 2. The molecule has 0 saturated carbocycles. The van der Waals surface area contributed by atoms with E-state index in [0.29, 0.717) is 31.2 Å². The molecule has 0 aliphatic rings. The van der Waals surface area contributed by atoms with E-state index in [1.165, 1.54) is 11.1 Å². The standard InChI is InChI=1S/C25H33N7O.HI/c1-26-25(29-18-22-9-4-5-10-23(22)19-32-14-7-12-30-32)28-17-20-8-6-11-21(16-20)24(33)27-13-15-31(2)3;/h4-12,14,16H,13,15,17-19H2,1-3H3,(H,27,33)(H2,26,28,29);1H. The summed E-state index contributed by atoms with van der Waals surface area (Å²) in [5.74, 6) is 0.639. The van der Waals surface area contributed by atoms with Crippen LogP contribution in [0.5, 0.6) is 0 Å². The van der Waals surface area contributed by atoms with Crippen molar-refractivity contribution < 1.29 is 4.79 Å². The molecule has 1 amide bonds. The monoisotopic (exact) mass is 575 g/mol. The average Bonchev–Trinajstić information content (AvgIpc) is 3.33. The van der Waals surface area contributed by atoms with Gasteiger partial charge in [-0.05, 0) is 49.0 Å². The summed E-state index contributed by atoms with van der Waals surface area (Å²) in [6, 6.07) is 17.9. The molecular formula is C25H34IN7O. The summed E-state index contributed by atoms with van der Waals surface area (Å²) < 4.78 is 1.91. The SMILES string of the molecule is CN=C(NCc1cccc(C(=O)NCCN(C)C)c1)NCc1ccccc1Cn1cccn1.I. The van der Waals surface area contributed by atoms with Gasteiger partial charge in [-0.15, -0.1) is 24.0 Å². The molecule has 0 saturated heterocycles. The highest BCUT2D eigenvalue weighted by Crippen LogP contribution is 2.10. The maximum atomic E-state index is 12.4. The molecule has 0 aliphatic carbocycles. The minimum Gasteiger partial charge on any atom is -0.352 e. The van der Waals surface area contributed by atoms with Crippen LogP contribution in [0, 0.1) is 0 Å². The number of aliphatic imine (C=N–C) groups is 1. The van der Waals surface area contributed by atoms with Crippen molar-refractivity contribution in [1.29, 1.82) is 0 Å². The van der Waals surface area contributed by atoms with Crippen molar-refractivity contribution in [3.8, 4) is 0 Å². The summed E-state index contributed by atoms with van der Waals surface area (Å²) in [6.07, 6.45) is 3.75.